The van der Waals surface area contributed by atoms with E-state index >= 15 is 0 Å². The van der Waals surface area contributed by atoms with Gasteiger partial charge in [0.05, 0.1) is 12.2 Å². The van der Waals surface area contributed by atoms with Gasteiger partial charge in [0.2, 0.25) is 0 Å². The van der Waals surface area contributed by atoms with Gasteiger partial charge < -0.3 is 10.2 Å². The molecule has 0 bridgehead atoms. The van der Waals surface area contributed by atoms with Gasteiger partial charge in [0.15, 0.2) is 0 Å². The molecule has 1 aliphatic rings. The Morgan fingerprint density at radius 3 is 2.84 bits per heavy atom. The first-order chi connectivity index (χ1) is 9.10. The second-order valence-electron chi connectivity index (χ2n) is 5.39. The molecule has 19 heavy (non-hydrogen) atoms. The molecule has 0 aliphatic heterocycles. The predicted octanol–water partition coefficient (Wildman–Crippen LogP) is 2.63. The largest absolute Gasteiger partial charge is 0.392 e. The van der Waals surface area contributed by atoms with Crippen molar-refractivity contribution in [1.29, 1.82) is 0 Å². The normalized spacial score (nSPS) is 29.0. The van der Waals surface area contributed by atoms with E-state index in [-0.39, 0.29) is 24.0 Å². The number of aliphatic hydroxyl groups excluding tert-OH is 2. The fourth-order valence-electron chi connectivity index (χ4n) is 2.66. The number of aliphatic hydroxyl groups is 2. The van der Waals surface area contributed by atoms with Gasteiger partial charge in [-0.25, -0.2) is 0 Å². The Hall–Kier alpha value is -0.930. The van der Waals surface area contributed by atoms with E-state index in [1.807, 2.05) is 6.08 Å². The van der Waals surface area contributed by atoms with E-state index in [9.17, 15) is 15.0 Å². The van der Waals surface area contributed by atoms with Crippen LogP contribution in [-0.4, -0.2) is 28.2 Å². The maximum absolute atomic E-state index is 11.7. The summed E-state index contributed by atoms with van der Waals surface area (Å²) in [4.78, 5) is 11.7. The van der Waals surface area contributed by atoms with Gasteiger partial charge in [0, 0.05) is 18.3 Å². The van der Waals surface area contributed by atoms with Crippen molar-refractivity contribution < 1.29 is 15.0 Å². The molecule has 1 rings (SSSR count). The predicted molar refractivity (Wildman–Crippen MR) is 76.7 cm³/mol. The first-order valence-corrected chi connectivity index (χ1v) is 7.28. The number of hydrogen-bond donors (Lipinski definition) is 2. The van der Waals surface area contributed by atoms with Gasteiger partial charge in [0.1, 0.15) is 5.78 Å². The van der Waals surface area contributed by atoms with Gasteiger partial charge in [0.25, 0.3) is 0 Å². The number of Topliss-reactive ketones (excluding diaryl/α,β-unsaturated/α-hetero) is 1. The Kier molecular flexibility index (Phi) is 7.03. The number of rotatable bonds is 8. The highest BCUT2D eigenvalue weighted by atomic mass is 16.3. The van der Waals surface area contributed by atoms with Crippen LogP contribution < -0.4 is 0 Å². The monoisotopic (exact) mass is 266 g/mol. The molecule has 0 heterocycles. The van der Waals surface area contributed by atoms with E-state index in [0.717, 1.165) is 25.7 Å². The number of unbranched alkanes of at least 4 members (excludes halogenated alkanes) is 2. The van der Waals surface area contributed by atoms with Gasteiger partial charge in [-0.15, -0.1) is 6.58 Å². The number of carbonyl (C=O) groups excluding carboxylic acids is 1. The summed E-state index contributed by atoms with van der Waals surface area (Å²) in [6, 6.07) is 0. The Bertz CT molecular complexity index is 322. The smallest absolute Gasteiger partial charge is 0.139 e. The molecule has 3 heteroatoms. The lowest BCUT2D eigenvalue weighted by Gasteiger charge is -2.16. The first-order valence-electron chi connectivity index (χ1n) is 7.28. The van der Waals surface area contributed by atoms with E-state index in [4.69, 9.17) is 0 Å². The molecule has 0 radical (unpaired) electrons. The zero-order valence-electron chi connectivity index (χ0n) is 11.8. The summed E-state index contributed by atoms with van der Waals surface area (Å²) in [7, 11) is 0. The van der Waals surface area contributed by atoms with Crippen molar-refractivity contribution in [3.05, 3.63) is 24.8 Å². The second-order valence-corrected chi connectivity index (χ2v) is 5.39. The minimum atomic E-state index is -0.614. The minimum Gasteiger partial charge on any atom is -0.392 e. The highest BCUT2D eigenvalue weighted by molar-refractivity contribution is 5.84. The van der Waals surface area contributed by atoms with Crippen molar-refractivity contribution in [3.8, 4) is 0 Å². The van der Waals surface area contributed by atoms with Crippen LogP contribution in [0, 0.1) is 11.8 Å². The zero-order chi connectivity index (χ0) is 14.3. The molecule has 3 unspecified atom stereocenters. The lowest BCUT2D eigenvalue weighted by atomic mass is 9.90. The van der Waals surface area contributed by atoms with Crippen molar-refractivity contribution in [3.63, 3.8) is 0 Å². The lowest BCUT2D eigenvalue weighted by Crippen LogP contribution is -2.18. The molecule has 0 amide bonds. The van der Waals surface area contributed by atoms with Crippen LogP contribution in [0.1, 0.15) is 45.4 Å². The van der Waals surface area contributed by atoms with Crippen molar-refractivity contribution >= 4 is 5.78 Å². The molecule has 0 saturated heterocycles. The third-order valence-corrected chi connectivity index (χ3v) is 3.81. The average molecular weight is 266 g/mol. The molecule has 0 aromatic heterocycles. The number of ketones is 1. The van der Waals surface area contributed by atoms with Crippen LogP contribution in [0.5, 0.6) is 0 Å². The standard InChI is InChI=1S/C16H26O3/c1-3-5-6-8-12(17)9-10-14-13(7-4-2)15(18)11-16(14)19/h4,9-10,12-14,16-17,19H,2-3,5-8,11H2,1H3/t12-,13?,14?,16?/m0/s1. The van der Waals surface area contributed by atoms with Gasteiger partial charge in [-0.1, -0.05) is 44.4 Å². The second kappa shape index (κ2) is 8.28. The fraction of sp³-hybridized carbons (Fsp3) is 0.688. The maximum Gasteiger partial charge on any atom is 0.139 e. The summed E-state index contributed by atoms with van der Waals surface area (Å²) in [6.07, 6.45) is 9.00. The molecule has 0 aromatic carbocycles. The van der Waals surface area contributed by atoms with E-state index in [0.29, 0.717) is 6.42 Å². The average Bonchev–Trinajstić information content (AvgIpc) is 2.63. The molecule has 1 aliphatic carbocycles. The Morgan fingerprint density at radius 2 is 2.21 bits per heavy atom. The topological polar surface area (TPSA) is 57.5 Å². The number of carbonyl (C=O) groups is 1. The molecule has 0 spiro atoms. The quantitative estimate of drug-likeness (QED) is 0.524. The first kappa shape index (κ1) is 16.1. The highest BCUT2D eigenvalue weighted by Crippen LogP contribution is 2.33. The van der Waals surface area contributed by atoms with Crippen molar-refractivity contribution in [2.24, 2.45) is 11.8 Å². The van der Waals surface area contributed by atoms with Crippen LogP contribution in [0.2, 0.25) is 0 Å². The summed E-state index contributed by atoms with van der Waals surface area (Å²) < 4.78 is 0. The molecule has 1 fully saturated rings. The summed E-state index contributed by atoms with van der Waals surface area (Å²) in [5.74, 6) is -0.250. The molecule has 108 valence electrons. The fourth-order valence-corrected chi connectivity index (χ4v) is 2.66. The molecular formula is C16H26O3. The van der Waals surface area contributed by atoms with Crippen LogP contribution >= 0.6 is 0 Å². The van der Waals surface area contributed by atoms with Crippen molar-refractivity contribution in [1.82, 2.24) is 0 Å². The van der Waals surface area contributed by atoms with Crippen LogP contribution in [0.3, 0.4) is 0 Å². The maximum atomic E-state index is 11.7. The van der Waals surface area contributed by atoms with Crippen LogP contribution in [0.25, 0.3) is 0 Å². The summed E-state index contributed by atoms with van der Waals surface area (Å²) in [5, 5.41) is 19.7. The summed E-state index contributed by atoms with van der Waals surface area (Å²) in [6.45, 7) is 5.78. The molecular weight excluding hydrogens is 240 g/mol. The lowest BCUT2D eigenvalue weighted by molar-refractivity contribution is -0.121. The highest BCUT2D eigenvalue weighted by Gasteiger charge is 2.38. The molecule has 3 nitrogen and oxygen atoms in total. The Labute approximate surface area is 116 Å². The Balaban J connectivity index is 2.52. The van der Waals surface area contributed by atoms with Gasteiger partial charge in [-0.3, -0.25) is 4.79 Å². The zero-order valence-corrected chi connectivity index (χ0v) is 11.8. The SMILES string of the molecule is C=CCC1C(=O)CC(O)C1C=C[C@@H](O)CCCCC. The minimum absolute atomic E-state index is 0.0996. The molecule has 2 N–H and O–H groups in total. The van der Waals surface area contributed by atoms with Crippen LogP contribution in [0.15, 0.2) is 24.8 Å². The molecule has 1 saturated carbocycles. The van der Waals surface area contributed by atoms with E-state index < -0.39 is 12.2 Å². The van der Waals surface area contributed by atoms with Crippen molar-refractivity contribution in [2.75, 3.05) is 0 Å². The van der Waals surface area contributed by atoms with Crippen molar-refractivity contribution in [2.45, 2.75) is 57.7 Å². The van der Waals surface area contributed by atoms with Gasteiger partial charge >= 0.3 is 0 Å². The van der Waals surface area contributed by atoms with Gasteiger partial charge in [-0.2, -0.15) is 0 Å². The van der Waals surface area contributed by atoms with E-state index in [2.05, 4.69) is 13.5 Å². The molecule has 0 aromatic rings. The summed E-state index contributed by atoms with van der Waals surface area (Å²) >= 11 is 0. The number of allylic oxidation sites excluding steroid dienone is 1. The van der Waals surface area contributed by atoms with Crippen LogP contribution in [0.4, 0.5) is 0 Å². The third kappa shape index (κ3) is 4.92. The van der Waals surface area contributed by atoms with E-state index in [1.165, 1.54) is 0 Å². The van der Waals surface area contributed by atoms with Crippen LogP contribution in [-0.2, 0) is 4.79 Å². The van der Waals surface area contributed by atoms with Gasteiger partial charge in [-0.05, 0) is 12.8 Å². The summed E-state index contributed by atoms with van der Waals surface area (Å²) in [5.41, 5.74) is 0. The molecule has 4 atom stereocenters. The Morgan fingerprint density at radius 1 is 1.47 bits per heavy atom. The third-order valence-electron chi connectivity index (χ3n) is 3.81. The van der Waals surface area contributed by atoms with E-state index in [1.54, 1.807) is 12.2 Å². The number of hydrogen-bond acceptors (Lipinski definition) is 3.